The molecule has 0 saturated heterocycles. The van der Waals surface area contributed by atoms with Crippen molar-refractivity contribution in [2.45, 2.75) is 20.0 Å². The van der Waals surface area contributed by atoms with Gasteiger partial charge in [0.15, 0.2) is 17.7 Å². The fraction of sp³-hybridized carbons (Fsp3) is 0.107. The van der Waals surface area contributed by atoms with Gasteiger partial charge in [-0.05, 0) is 37.6 Å². The van der Waals surface area contributed by atoms with E-state index in [1.165, 1.54) is 0 Å². The molecule has 0 bridgehead atoms. The van der Waals surface area contributed by atoms with E-state index in [-0.39, 0.29) is 17.7 Å². The lowest BCUT2D eigenvalue weighted by atomic mass is 9.81. The Hall–Kier alpha value is -4.25. The van der Waals surface area contributed by atoms with E-state index >= 15 is 0 Å². The molecule has 3 aliphatic rings. The average Bonchev–Trinajstić information content (AvgIpc) is 2.82. The number of anilines is 2. The lowest BCUT2D eigenvalue weighted by molar-refractivity contribution is 0.0979. The number of nitrogens with one attached hydrogen (secondary N) is 1. The van der Waals surface area contributed by atoms with Crippen LogP contribution < -0.4 is 10.1 Å². The van der Waals surface area contributed by atoms with Crippen molar-refractivity contribution in [3.63, 3.8) is 0 Å². The molecule has 1 aliphatic heterocycles. The summed E-state index contributed by atoms with van der Waals surface area (Å²) in [5.41, 5.74) is 6.04. The molecule has 3 aromatic carbocycles. The lowest BCUT2D eigenvalue weighted by Crippen LogP contribution is -2.31. The molecule has 5 heteroatoms. The average molecular weight is 432 g/mol. The Balaban J connectivity index is 1.61. The third-order valence-electron chi connectivity index (χ3n) is 6.26. The highest BCUT2D eigenvalue weighted by molar-refractivity contribution is 6.32. The maximum absolute atomic E-state index is 13.7. The molecule has 160 valence electrons. The van der Waals surface area contributed by atoms with Crippen molar-refractivity contribution in [1.82, 2.24) is 0 Å². The van der Waals surface area contributed by atoms with Gasteiger partial charge in [0.2, 0.25) is 0 Å². The van der Waals surface area contributed by atoms with Crippen LogP contribution in [-0.2, 0) is 0 Å². The van der Waals surface area contributed by atoms with Gasteiger partial charge in [0.05, 0.1) is 22.5 Å². The van der Waals surface area contributed by atoms with Crippen molar-refractivity contribution in [1.29, 1.82) is 0 Å². The second-order valence-corrected chi connectivity index (χ2v) is 8.49. The molecule has 0 saturated carbocycles. The molecule has 0 aromatic heterocycles. The summed E-state index contributed by atoms with van der Waals surface area (Å²) in [5, 5.41) is 3.34. The number of fused-ring (bicyclic) bond motifs is 5. The largest absolute Gasteiger partial charge is 0.478 e. The highest BCUT2D eigenvalue weighted by Gasteiger charge is 2.38. The minimum absolute atomic E-state index is 0.198. The molecule has 0 radical (unpaired) electrons. The van der Waals surface area contributed by atoms with Crippen molar-refractivity contribution in [2.24, 2.45) is 4.99 Å². The first-order valence-electron chi connectivity index (χ1n) is 10.8. The van der Waals surface area contributed by atoms with Crippen LogP contribution in [0.5, 0.6) is 5.75 Å². The Morgan fingerprint density at radius 3 is 2.33 bits per heavy atom. The van der Waals surface area contributed by atoms with E-state index < -0.39 is 0 Å². The number of allylic oxidation sites excluding steroid dienone is 2. The summed E-state index contributed by atoms with van der Waals surface area (Å²) in [4.78, 5) is 32.2. The van der Waals surface area contributed by atoms with Crippen molar-refractivity contribution in [3.8, 4) is 5.75 Å². The van der Waals surface area contributed by atoms with Gasteiger partial charge in [-0.1, -0.05) is 54.1 Å². The topological polar surface area (TPSA) is 67.8 Å². The van der Waals surface area contributed by atoms with Gasteiger partial charge in [0.25, 0.3) is 0 Å². The van der Waals surface area contributed by atoms with Gasteiger partial charge < -0.3 is 10.1 Å². The zero-order valence-electron chi connectivity index (χ0n) is 18.2. The van der Waals surface area contributed by atoms with Crippen LogP contribution in [-0.4, -0.2) is 23.4 Å². The predicted molar refractivity (Wildman–Crippen MR) is 129 cm³/mol. The zero-order valence-corrected chi connectivity index (χ0v) is 18.2. The Morgan fingerprint density at radius 2 is 1.61 bits per heavy atom. The number of hydrogen-bond acceptors (Lipinski definition) is 5. The SMILES string of the molecule is CC1=CC=CC2Oc3cc(Nc4ccc(C)cc4)c4c(c3N=C12)C(=O)c1ccccc1C4=O. The smallest absolute Gasteiger partial charge is 0.196 e. The van der Waals surface area contributed by atoms with E-state index in [0.717, 1.165) is 22.5 Å². The van der Waals surface area contributed by atoms with Crippen molar-refractivity contribution in [2.75, 3.05) is 5.32 Å². The van der Waals surface area contributed by atoms with Crippen LogP contribution >= 0.6 is 0 Å². The van der Waals surface area contributed by atoms with Gasteiger partial charge in [-0.2, -0.15) is 0 Å². The predicted octanol–water partition coefficient (Wildman–Crippen LogP) is 5.86. The first-order chi connectivity index (χ1) is 16.0. The quantitative estimate of drug-likeness (QED) is 0.431. The minimum Gasteiger partial charge on any atom is -0.478 e. The number of benzene rings is 3. The Morgan fingerprint density at radius 1 is 0.909 bits per heavy atom. The molecule has 0 fully saturated rings. The van der Waals surface area contributed by atoms with Gasteiger partial charge in [0.1, 0.15) is 11.4 Å². The van der Waals surface area contributed by atoms with Gasteiger partial charge in [-0.25, -0.2) is 4.99 Å². The molecule has 0 amide bonds. The molecule has 3 aromatic rings. The molecular weight excluding hydrogens is 412 g/mol. The maximum atomic E-state index is 13.7. The number of ether oxygens (including phenoxy) is 1. The van der Waals surface area contributed by atoms with Gasteiger partial charge in [-0.3, -0.25) is 9.59 Å². The first kappa shape index (κ1) is 19.4. The molecule has 1 atom stereocenters. The highest BCUT2D eigenvalue weighted by atomic mass is 16.5. The highest BCUT2D eigenvalue weighted by Crippen LogP contribution is 2.47. The fourth-order valence-electron chi connectivity index (χ4n) is 4.55. The summed E-state index contributed by atoms with van der Waals surface area (Å²) in [6.07, 6.45) is 5.52. The third kappa shape index (κ3) is 2.97. The van der Waals surface area contributed by atoms with Gasteiger partial charge in [-0.15, -0.1) is 0 Å². The third-order valence-corrected chi connectivity index (χ3v) is 6.26. The molecule has 6 rings (SSSR count). The number of carbonyl (C=O) groups excluding carboxylic acids is 2. The van der Waals surface area contributed by atoms with Crippen molar-refractivity contribution in [3.05, 3.63) is 106 Å². The van der Waals surface area contributed by atoms with E-state index in [1.807, 2.05) is 56.3 Å². The number of rotatable bonds is 2. The number of nitrogens with zero attached hydrogens (tertiary/aromatic N) is 1. The van der Waals surface area contributed by atoms with Gasteiger partial charge >= 0.3 is 0 Å². The normalized spacial score (nSPS) is 17.7. The molecular formula is C28H20N2O3. The van der Waals surface area contributed by atoms with Crippen LogP contribution in [0, 0.1) is 6.92 Å². The summed E-state index contributed by atoms with van der Waals surface area (Å²) in [6.45, 7) is 3.98. The van der Waals surface area contributed by atoms with E-state index in [9.17, 15) is 9.59 Å². The second kappa shape index (κ2) is 7.14. The molecule has 33 heavy (non-hydrogen) atoms. The number of hydrogen-bond donors (Lipinski definition) is 1. The van der Waals surface area contributed by atoms with Gasteiger partial charge in [0, 0.05) is 22.9 Å². The molecule has 1 N–H and O–H groups in total. The summed E-state index contributed by atoms with van der Waals surface area (Å²) >= 11 is 0. The lowest BCUT2D eigenvalue weighted by Gasteiger charge is -2.30. The zero-order chi connectivity index (χ0) is 22.7. The van der Waals surface area contributed by atoms with E-state index in [1.54, 1.807) is 30.3 Å². The summed E-state index contributed by atoms with van der Waals surface area (Å²) in [6, 6.07) is 16.6. The van der Waals surface area contributed by atoms with E-state index in [4.69, 9.17) is 9.73 Å². The number of ketones is 2. The number of aliphatic imine (C=N–C) groups is 1. The molecule has 1 unspecified atom stereocenters. The summed E-state index contributed by atoms with van der Waals surface area (Å²) in [5.74, 6) is 0.0659. The molecule has 5 nitrogen and oxygen atoms in total. The van der Waals surface area contributed by atoms with Crippen molar-refractivity contribution >= 4 is 34.3 Å². The Bertz CT molecular complexity index is 1460. The van der Waals surface area contributed by atoms with E-state index in [0.29, 0.717) is 39.4 Å². The Labute approximate surface area is 191 Å². The fourth-order valence-corrected chi connectivity index (χ4v) is 4.55. The number of aryl methyl sites for hydroxylation is 1. The summed E-state index contributed by atoms with van der Waals surface area (Å²) in [7, 11) is 0. The molecule has 0 spiro atoms. The van der Waals surface area contributed by atoms with E-state index in [2.05, 4.69) is 5.32 Å². The van der Waals surface area contributed by atoms with Crippen LogP contribution in [0.15, 0.2) is 83.4 Å². The summed E-state index contributed by atoms with van der Waals surface area (Å²) < 4.78 is 6.28. The standard InChI is InChI=1S/C28H20N2O3/c1-15-10-12-17(13-11-15)29-20-14-22-26(30-25-16(2)6-5-9-21(25)33-22)24-23(20)27(31)18-7-3-4-8-19(18)28(24)32/h3-14,21,29H,1-2H3. The van der Waals surface area contributed by atoms with Crippen molar-refractivity contribution < 1.29 is 14.3 Å². The van der Waals surface area contributed by atoms with Crippen LogP contribution in [0.1, 0.15) is 44.3 Å². The van der Waals surface area contributed by atoms with Crippen LogP contribution in [0.2, 0.25) is 0 Å². The molecule has 2 aliphatic carbocycles. The maximum Gasteiger partial charge on any atom is 0.196 e. The van der Waals surface area contributed by atoms with Crippen LogP contribution in [0.3, 0.4) is 0 Å². The second-order valence-electron chi connectivity index (χ2n) is 8.49. The number of carbonyl (C=O) groups is 2. The minimum atomic E-state index is -0.325. The van der Waals surface area contributed by atoms with Crippen LogP contribution in [0.25, 0.3) is 0 Å². The monoisotopic (exact) mass is 432 g/mol. The Kier molecular flexibility index (Phi) is 4.20. The first-order valence-corrected chi connectivity index (χ1v) is 10.8. The molecule has 1 heterocycles. The van der Waals surface area contributed by atoms with Crippen LogP contribution in [0.4, 0.5) is 17.1 Å².